The first-order valence-corrected chi connectivity index (χ1v) is 8.35. The van der Waals surface area contributed by atoms with Gasteiger partial charge in [-0.3, -0.25) is 4.79 Å². The second kappa shape index (κ2) is 9.35. The molecule has 1 aliphatic rings. The van der Waals surface area contributed by atoms with Crippen molar-refractivity contribution in [3.63, 3.8) is 0 Å². The quantitative estimate of drug-likeness (QED) is 0.644. The molecule has 0 spiro atoms. The number of alkyl halides is 3. The van der Waals surface area contributed by atoms with Crippen molar-refractivity contribution in [1.29, 1.82) is 0 Å². The van der Waals surface area contributed by atoms with Gasteiger partial charge in [0.1, 0.15) is 5.82 Å². The van der Waals surface area contributed by atoms with Crippen LogP contribution in [0.1, 0.15) is 25.7 Å². The average molecular weight is 447 g/mol. The largest absolute Gasteiger partial charge is 0.490 e. The van der Waals surface area contributed by atoms with Gasteiger partial charge in [0.15, 0.2) is 0 Å². The van der Waals surface area contributed by atoms with Gasteiger partial charge in [0.2, 0.25) is 5.91 Å². The first-order valence-electron chi connectivity index (χ1n) is 7.18. The highest BCUT2D eigenvalue weighted by Gasteiger charge is 2.38. The van der Waals surface area contributed by atoms with E-state index in [2.05, 4.69) is 26.2 Å². The summed E-state index contributed by atoms with van der Waals surface area (Å²) in [5.74, 6) is -2.26. The monoisotopic (exact) mass is 445 g/mol. The van der Waals surface area contributed by atoms with Gasteiger partial charge in [-0.25, -0.2) is 9.78 Å². The Morgan fingerprint density at radius 1 is 1.40 bits per heavy atom. The number of halogens is 5. The Balaban J connectivity index is 0.000000381. The molecule has 1 fully saturated rings. The number of pyridine rings is 1. The van der Waals surface area contributed by atoms with Crippen LogP contribution >= 0.6 is 27.5 Å². The van der Waals surface area contributed by atoms with Crippen LogP contribution in [0.2, 0.25) is 5.02 Å². The van der Waals surface area contributed by atoms with E-state index in [4.69, 9.17) is 27.2 Å². The van der Waals surface area contributed by atoms with Gasteiger partial charge in [-0.15, -0.1) is 0 Å². The van der Waals surface area contributed by atoms with E-state index in [1.807, 2.05) is 0 Å². The molecular weight excluding hydrogens is 431 g/mol. The van der Waals surface area contributed by atoms with E-state index in [1.165, 1.54) is 6.20 Å². The van der Waals surface area contributed by atoms with Crippen LogP contribution in [-0.4, -0.2) is 34.2 Å². The summed E-state index contributed by atoms with van der Waals surface area (Å²) >= 11 is 9.14. The fraction of sp³-hybridized carbons (Fsp3) is 0.500. The summed E-state index contributed by atoms with van der Waals surface area (Å²) in [6.07, 6.45) is 0.0915. The summed E-state index contributed by atoms with van der Waals surface area (Å²) in [5, 5.41) is 10.5. The van der Waals surface area contributed by atoms with Crippen molar-refractivity contribution < 1.29 is 27.9 Å². The molecular formula is C14H16BrClF3N3O3. The van der Waals surface area contributed by atoms with E-state index in [0.717, 1.165) is 30.2 Å². The number of amides is 1. The number of hydrogen-bond donors (Lipinski definition) is 3. The second-order valence-corrected chi connectivity index (χ2v) is 6.66. The summed E-state index contributed by atoms with van der Waals surface area (Å²) in [5.41, 5.74) is 5.88. The zero-order valence-corrected chi connectivity index (χ0v) is 15.2. The topological polar surface area (TPSA) is 105 Å². The third-order valence-electron chi connectivity index (χ3n) is 3.39. The van der Waals surface area contributed by atoms with Crippen LogP contribution in [0.4, 0.5) is 19.0 Å². The molecule has 0 aromatic carbocycles. The van der Waals surface area contributed by atoms with Crippen LogP contribution < -0.4 is 11.1 Å². The Hall–Kier alpha value is -1.39. The molecule has 6 nitrogen and oxygen atoms in total. The molecule has 1 aromatic rings. The summed E-state index contributed by atoms with van der Waals surface area (Å²) in [6, 6.07) is 1.84. The van der Waals surface area contributed by atoms with Crippen molar-refractivity contribution >= 4 is 45.2 Å². The van der Waals surface area contributed by atoms with Gasteiger partial charge in [0, 0.05) is 22.6 Å². The van der Waals surface area contributed by atoms with Gasteiger partial charge < -0.3 is 16.2 Å². The molecule has 1 amide bonds. The number of hydrogen-bond acceptors (Lipinski definition) is 4. The highest BCUT2D eigenvalue weighted by Crippen LogP contribution is 2.26. The minimum atomic E-state index is -5.08. The van der Waals surface area contributed by atoms with Gasteiger partial charge in [-0.05, 0) is 41.3 Å². The Labute approximate surface area is 155 Å². The molecule has 25 heavy (non-hydrogen) atoms. The summed E-state index contributed by atoms with van der Waals surface area (Å²) < 4.78 is 32.5. The fourth-order valence-corrected chi connectivity index (χ4v) is 2.60. The smallest absolute Gasteiger partial charge is 0.475 e. The molecule has 4 N–H and O–H groups in total. The molecule has 0 unspecified atom stereocenters. The van der Waals surface area contributed by atoms with Gasteiger partial charge in [-0.1, -0.05) is 18.0 Å². The van der Waals surface area contributed by atoms with Crippen LogP contribution in [0.15, 0.2) is 16.7 Å². The molecule has 1 saturated carbocycles. The molecule has 1 aromatic heterocycles. The molecule has 1 aliphatic carbocycles. The number of carboxylic acid groups (broad SMARTS) is 1. The number of rotatable bonds is 2. The summed E-state index contributed by atoms with van der Waals surface area (Å²) in [4.78, 5) is 25.0. The van der Waals surface area contributed by atoms with Crippen molar-refractivity contribution in [3.8, 4) is 0 Å². The van der Waals surface area contributed by atoms with Crippen molar-refractivity contribution in [2.75, 3.05) is 5.32 Å². The lowest BCUT2D eigenvalue weighted by Gasteiger charge is -2.25. The maximum atomic E-state index is 12.1. The molecule has 2 atom stereocenters. The molecule has 11 heteroatoms. The van der Waals surface area contributed by atoms with E-state index >= 15 is 0 Å². The van der Waals surface area contributed by atoms with Gasteiger partial charge in [0.05, 0.1) is 5.02 Å². The highest BCUT2D eigenvalue weighted by atomic mass is 79.9. The molecule has 0 saturated heterocycles. The lowest BCUT2D eigenvalue weighted by atomic mass is 9.85. The Morgan fingerprint density at radius 3 is 2.48 bits per heavy atom. The number of carbonyl (C=O) groups excluding carboxylic acids is 1. The number of carbonyl (C=O) groups is 2. The Morgan fingerprint density at radius 2 is 2.00 bits per heavy atom. The molecule has 0 aliphatic heterocycles. The Kier molecular flexibility index (Phi) is 8.10. The predicted molar refractivity (Wildman–Crippen MR) is 89.2 cm³/mol. The number of anilines is 1. The van der Waals surface area contributed by atoms with Crippen LogP contribution in [0, 0.1) is 5.92 Å². The molecule has 0 bridgehead atoms. The molecule has 2 rings (SSSR count). The van der Waals surface area contributed by atoms with Crippen LogP contribution in [0.5, 0.6) is 0 Å². The number of nitrogens with zero attached hydrogens (tertiary/aromatic N) is 1. The van der Waals surface area contributed by atoms with Crippen LogP contribution in [0.25, 0.3) is 0 Å². The summed E-state index contributed by atoms with van der Waals surface area (Å²) in [7, 11) is 0. The van der Waals surface area contributed by atoms with Gasteiger partial charge >= 0.3 is 12.1 Å². The Bertz CT molecular complexity index is 631. The fourth-order valence-electron chi connectivity index (χ4n) is 2.18. The van der Waals surface area contributed by atoms with E-state index in [0.29, 0.717) is 10.8 Å². The lowest BCUT2D eigenvalue weighted by Crippen LogP contribution is -2.34. The minimum absolute atomic E-state index is 0.00753. The normalized spacial score (nSPS) is 20.2. The van der Waals surface area contributed by atoms with Crippen molar-refractivity contribution in [2.24, 2.45) is 11.7 Å². The molecule has 0 radical (unpaired) electrons. The lowest BCUT2D eigenvalue weighted by molar-refractivity contribution is -0.192. The summed E-state index contributed by atoms with van der Waals surface area (Å²) in [6.45, 7) is 0. The van der Waals surface area contributed by atoms with E-state index in [-0.39, 0.29) is 17.9 Å². The number of nitrogens with one attached hydrogen (secondary N) is 1. The number of nitrogens with two attached hydrogens (primary N) is 1. The molecule has 1 heterocycles. The standard InChI is InChI=1S/C12H15BrClN3O.C2HF3O2/c13-9-5-11(16-6-10(9)14)17-12(18)7-2-1-3-8(15)4-7;3-2(4,5)1(6)7/h5-8H,1-4,15H2,(H,16,17,18);(H,6,7)/t7-,8+;/m0./s1. The average Bonchev–Trinajstić information content (AvgIpc) is 2.50. The number of carboxylic acids is 1. The van der Waals surface area contributed by atoms with E-state index in [1.54, 1.807) is 6.07 Å². The van der Waals surface area contributed by atoms with Crippen LogP contribution in [-0.2, 0) is 9.59 Å². The maximum Gasteiger partial charge on any atom is 0.490 e. The van der Waals surface area contributed by atoms with Crippen molar-refractivity contribution in [3.05, 3.63) is 21.8 Å². The third-order valence-corrected chi connectivity index (χ3v) is 4.57. The third kappa shape index (κ3) is 7.57. The predicted octanol–water partition coefficient (Wildman–Crippen LogP) is 3.59. The van der Waals surface area contributed by atoms with E-state index in [9.17, 15) is 18.0 Å². The van der Waals surface area contributed by atoms with Crippen LogP contribution in [0.3, 0.4) is 0 Å². The number of aromatic nitrogens is 1. The van der Waals surface area contributed by atoms with Crippen molar-refractivity contribution in [1.82, 2.24) is 4.98 Å². The zero-order chi connectivity index (χ0) is 19.2. The zero-order valence-electron chi connectivity index (χ0n) is 12.8. The minimum Gasteiger partial charge on any atom is -0.475 e. The second-order valence-electron chi connectivity index (χ2n) is 5.40. The highest BCUT2D eigenvalue weighted by molar-refractivity contribution is 9.10. The van der Waals surface area contributed by atoms with Gasteiger partial charge in [-0.2, -0.15) is 13.2 Å². The SMILES string of the molecule is N[C@@H]1CCC[C@H](C(=O)Nc2cc(Br)c(Cl)cn2)C1.O=C(O)C(F)(F)F. The first-order chi connectivity index (χ1) is 11.5. The van der Waals surface area contributed by atoms with Gasteiger partial charge in [0.25, 0.3) is 0 Å². The van der Waals surface area contributed by atoms with E-state index < -0.39 is 12.1 Å². The van der Waals surface area contributed by atoms with Crippen molar-refractivity contribution in [2.45, 2.75) is 37.9 Å². The maximum absolute atomic E-state index is 12.1. The number of aliphatic carboxylic acids is 1. The molecule has 140 valence electrons. The first kappa shape index (κ1) is 21.7.